The van der Waals surface area contributed by atoms with E-state index in [-0.39, 0.29) is 5.95 Å². The van der Waals surface area contributed by atoms with Crippen LogP contribution in [0.2, 0.25) is 0 Å². The van der Waals surface area contributed by atoms with Gasteiger partial charge < -0.3 is 11.1 Å². The van der Waals surface area contributed by atoms with Crippen LogP contribution < -0.4 is 11.1 Å². The molecular weight excluding hydrogens is 332 g/mol. The smallest absolute Gasteiger partial charge is 0.222 e. The summed E-state index contributed by atoms with van der Waals surface area (Å²) in [5, 5.41) is 4.55. The Morgan fingerprint density at radius 3 is 2.72 bits per heavy atom. The van der Waals surface area contributed by atoms with Crippen molar-refractivity contribution in [1.82, 2.24) is 9.97 Å². The molecule has 1 aliphatic carbocycles. The van der Waals surface area contributed by atoms with Gasteiger partial charge in [0.1, 0.15) is 5.82 Å². The van der Waals surface area contributed by atoms with E-state index >= 15 is 0 Å². The lowest BCUT2D eigenvalue weighted by molar-refractivity contribution is 0.112. The third-order valence-corrected chi connectivity index (χ3v) is 5.75. The van der Waals surface area contributed by atoms with Gasteiger partial charge in [0.25, 0.3) is 0 Å². The summed E-state index contributed by atoms with van der Waals surface area (Å²) in [6.45, 7) is 0. The number of hydrogen-bond donors (Lipinski definition) is 2. The number of benzene rings is 1. The lowest BCUT2D eigenvalue weighted by atomic mass is 9.95. The first-order valence-electron chi connectivity index (χ1n) is 8.62. The molecule has 0 saturated heterocycles. The van der Waals surface area contributed by atoms with E-state index in [2.05, 4.69) is 21.4 Å². The van der Waals surface area contributed by atoms with E-state index in [0.717, 1.165) is 38.3 Å². The van der Waals surface area contributed by atoms with E-state index in [0.29, 0.717) is 6.04 Å². The van der Waals surface area contributed by atoms with Crippen LogP contribution in [0.1, 0.15) is 41.8 Å². The number of anilines is 2. The molecule has 4 rings (SSSR count). The lowest BCUT2D eigenvalue weighted by Crippen LogP contribution is -2.23. The fraction of sp³-hybridized carbons (Fsp3) is 0.316. The average molecular weight is 352 g/mol. The van der Waals surface area contributed by atoms with Crippen molar-refractivity contribution in [3.8, 4) is 10.4 Å². The van der Waals surface area contributed by atoms with Gasteiger partial charge in [0.15, 0.2) is 6.29 Å². The molecular formula is C19H20N4OS. The topological polar surface area (TPSA) is 80.9 Å². The summed E-state index contributed by atoms with van der Waals surface area (Å²) in [6.07, 6.45) is 7.04. The Labute approximate surface area is 150 Å². The lowest BCUT2D eigenvalue weighted by Gasteiger charge is -2.24. The van der Waals surface area contributed by atoms with Crippen LogP contribution >= 0.6 is 11.3 Å². The number of nitrogens with zero attached hydrogens (tertiary/aromatic N) is 2. The number of nitrogen functional groups attached to an aromatic ring is 1. The zero-order chi connectivity index (χ0) is 17.2. The first kappa shape index (κ1) is 16.0. The van der Waals surface area contributed by atoms with E-state index in [1.807, 2.05) is 24.3 Å². The first-order chi connectivity index (χ1) is 12.2. The molecule has 5 nitrogen and oxygen atoms in total. The highest BCUT2D eigenvalue weighted by atomic mass is 32.1. The second kappa shape index (κ2) is 6.80. The summed E-state index contributed by atoms with van der Waals surface area (Å²) < 4.78 is 0. The summed E-state index contributed by atoms with van der Waals surface area (Å²) in [7, 11) is 0. The Morgan fingerprint density at radius 1 is 1.12 bits per heavy atom. The molecule has 6 heteroatoms. The highest BCUT2D eigenvalue weighted by molar-refractivity contribution is 7.17. The van der Waals surface area contributed by atoms with Crippen LogP contribution in [0.25, 0.3) is 21.3 Å². The molecule has 1 saturated carbocycles. The number of carbonyl (C=O) groups is 1. The maximum absolute atomic E-state index is 10.9. The standard InChI is InChI=1S/C19H20N4OS/c20-19-22-16-8-6-12(17-9-7-14(11-24)25-17)10-15(16)18(23-19)21-13-4-2-1-3-5-13/h6-11,13H,1-5H2,(H3,20,21,22,23). The quantitative estimate of drug-likeness (QED) is 0.676. The van der Waals surface area contributed by atoms with Crippen LogP contribution in [-0.2, 0) is 0 Å². The molecule has 0 aliphatic heterocycles. The van der Waals surface area contributed by atoms with Crippen molar-refractivity contribution >= 4 is 40.3 Å². The van der Waals surface area contributed by atoms with Crippen LogP contribution in [0.5, 0.6) is 0 Å². The number of aromatic nitrogens is 2. The normalized spacial score (nSPS) is 15.4. The molecule has 3 N–H and O–H groups in total. The van der Waals surface area contributed by atoms with Gasteiger partial charge in [0, 0.05) is 16.3 Å². The number of fused-ring (bicyclic) bond motifs is 1. The van der Waals surface area contributed by atoms with E-state index < -0.39 is 0 Å². The van der Waals surface area contributed by atoms with Crippen LogP contribution in [0.4, 0.5) is 11.8 Å². The molecule has 1 fully saturated rings. The number of rotatable bonds is 4. The van der Waals surface area contributed by atoms with Gasteiger partial charge in [0.2, 0.25) is 5.95 Å². The van der Waals surface area contributed by atoms with Gasteiger partial charge in [-0.05, 0) is 42.7 Å². The Balaban J connectivity index is 1.75. The van der Waals surface area contributed by atoms with Gasteiger partial charge in [0.05, 0.1) is 10.4 Å². The van der Waals surface area contributed by atoms with Gasteiger partial charge in [-0.25, -0.2) is 4.98 Å². The van der Waals surface area contributed by atoms with Crippen LogP contribution in [0, 0.1) is 0 Å². The summed E-state index contributed by atoms with van der Waals surface area (Å²) in [4.78, 5) is 21.5. The molecule has 0 radical (unpaired) electrons. The van der Waals surface area contributed by atoms with Gasteiger partial charge in [-0.3, -0.25) is 4.79 Å². The molecule has 1 aromatic carbocycles. The fourth-order valence-electron chi connectivity index (χ4n) is 3.42. The van der Waals surface area contributed by atoms with Crippen molar-refractivity contribution in [2.75, 3.05) is 11.1 Å². The number of nitrogens with one attached hydrogen (secondary N) is 1. The van der Waals surface area contributed by atoms with Gasteiger partial charge in [-0.2, -0.15) is 4.98 Å². The Morgan fingerprint density at radius 2 is 1.96 bits per heavy atom. The van der Waals surface area contributed by atoms with Crippen molar-refractivity contribution in [3.05, 3.63) is 35.2 Å². The van der Waals surface area contributed by atoms with Crippen molar-refractivity contribution < 1.29 is 4.79 Å². The molecule has 0 bridgehead atoms. The zero-order valence-corrected chi connectivity index (χ0v) is 14.7. The predicted octanol–water partition coefficient (Wildman–Crippen LogP) is 4.50. The summed E-state index contributed by atoms with van der Waals surface area (Å²) in [5.74, 6) is 1.10. The molecule has 25 heavy (non-hydrogen) atoms. The fourth-order valence-corrected chi connectivity index (χ4v) is 4.24. The maximum Gasteiger partial charge on any atom is 0.222 e. The highest BCUT2D eigenvalue weighted by Crippen LogP contribution is 2.32. The molecule has 0 atom stereocenters. The molecule has 3 aromatic rings. The van der Waals surface area contributed by atoms with Crippen molar-refractivity contribution in [1.29, 1.82) is 0 Å². The Kier molecular flexibility index (Phi) is 4.36. The van der Waals surface area contributed by atoms with Crippen LogP contribution in [-0.4, -0.2) is 22.3 Å². The predicted molar refractivity (Wildman–Crippen MR) is 103 cm³/mol. The molecule has 0 amide bonds. The third kappa shape index (κ3) is 3.35. The van der Waals surface area contributed by atoms with E-state index in [4.69, 9.17) is 5.73 Å². The van der Waals surface area contributed by atoms with E-state index in [1.165, 1.54) is 43.4 Å². The molecule has 0 unspecified atom stereocenters. The van der Waals surface area contributed by atoms with Crippen molar-refractivity contribution in [2.45, 2.75) is 38.1 Å². The van der Waals surface area contributed by atoms with E-state index in [1.54, 1.807) is 0 Å². The average Bonchev–Trinajstić information content (AvgIpc) is 3.11. The minimum Gasteiger partial charge on any atom is -0.368 e. The number of aldehydes is 1. The summed E-state index contributed by atoms with van der Waals surface area (Å²) in [6, 6.07) is 10.3. The van der Waals surface area contributed by atoms with Crippen LogP contribution in [0.15, 0.2) is 30.3 Å². The largest absolute Gasteiger partial charge is 0.368 e. The Bertz CT molecular complexity index is 915. The monoisotopic (exact) mass is 352 g/mol. The molecule has 128 valence electrons. The zero-order valence-electron chi connectivity index (χ0n) is 13.9. The van der Waals surface area contributed by atoms with Crippen molar-refractivity contribution in [3.63, 3.8) is 0 Å². The van der Waals surface area contributed by atoms with Gasteiger partial charge >= 0.3 is 0 Å². The second-order valence-corrected chi connectivity index (χ2v) is 7.58. The maximum atomic E-state index is 10.9. The van der Waals surface area contributed by atoms with Crippen LogP contribution in [0.3, 0.4) is 0 Å². The molecule has 2 heterocycles. The molecule has 2 aromatic heterocycles. The second-order valence-electron chi connectivity index (χ2n) is 6.46. The number of hydrogen-bond acceptors (Lipinski definition) is 6. The minimum absolute atomic E-state index is 0.290. The number of carbonyl (C=O) groups excluding carboxylic acids is 1. The number of thiophene rings is 1. The molecule has 1 aliphatic rings. The minimum atomic E-state index is 0.290. The highest BCUT2D eigenvalue weighted by Gasteiger charge is 2.16. The first-order valence-corrected chi connectivity index (χ1v) is 9.44. The molecule has 0 spiro atoms. The van der Waals surface area contributed by atoms with Gasteiger partial charge in [-0.1, -0.05) is 25.3 Å². The SMILES string of the molecule is Nc1nc(NC2CCCCC2)c2cc(-c3ccc(C=O)s3)ccc2n1. The summed E-state index contributed by atoms with van der Waals surface area (Å²) in [5.41, 5.74) is 7.80. The Hall–Kier alpha value is -2.47. The van der Waals surface area contributed by atoms with Crippen molar-refractivity contribution in [2.24, 2.45) is 0 Å². The van der Waals surface area contributed by atoms with E-state index in [9.17, 15) is 4.79 Å². The summed E-state index contributed by atoms with van der Waals surface area (Å²) >= 11 is 1.49. The van der Waals surface area contributed by atoms with Gasteiger partial charge in [-0.15, -0.1) is 11.3 Å². The number of nitrogens with two attached hydrogens (primary N) is 1. The third-order valence-electron chi connectivity index (χ3n) is 4.69.